The molecular formula is C27H24ClF3N2O5. The van der Waals surface area contributed by atoms with Crippen molar-refractivity contribution < 1.29 is 37.3 Å². The number of benzene rings is 3. The maximum Gasteiger partial charge on any atom is 0.573 e. The van der Waals surface area contributed by atoms with Gasteiger partial charge >= 0.3 is 6.36 Å². The molecule has 0 spiro atoms. The van der Waals surface area contributed by atoms with Gasteiger partial charge in [0.05, 0.1) is 13.2 Å². The molecule has 2 amide bonds. The molecule has 7 nitrogen and oxygen atoms in total. The molecule has 0 atom stereocenters. The van der Waals surface area contributed by atoms with Crippen LogP contribution in [0, 0.1) is 0 Å². The Labute approximate surface area is 221 Å². The lowest BCUT2D eigenvalue weighted by Crippen LogP contribution is -2.36. The summed E-state index contributed by atoms with van der Waals surface area (Å²) in [5, 5.41) is 14.6. The minimum Gasteiger partial charge on any atom is -0.493 e. The van der Waals surface area contributed by atoms with Crippen LogP contribution in [0.5, 0.6) is 11.5 Å². The second kappa shape index (κ2) is 13.5. The van der Waals surface area contributed by atoms with E-state index in [1.807, 2.05) is 12.1 Å². The highest BCUT2D eigenvalue weighted by molar-refractivity contribution is 6.30. The van der Waals surface area contributed by atoms with Crippen LogP contribution < -0.4 is 20.1 Å². The summed E-state index contributed by atoms with van der Waals surface area (Å²) in [5.74, 6) is -1.17. The third-order valence-electron chi connectivity index (χ3n) is 5.00. The van der Waals surface area contributed by atoms with Crippen LogP contribution >= 0.6 is 11.6 Å². The summed E-state index contributed by atoms with van der Waals surface area (Å²) in [6, 6.07) is 18.5. The largest absolute Gasteiger partial charge is 0.573 e. The van der Waals surface area contributed by atoms with Gasteiger partial charge in [0.15, 0.2) is 0 Å². The predicted octanol–water partition coefficient (Wildman–Crippen LogP) is 4.74. The number of hydrogen-bond acceptors (Lipinski definition) is 5. The molecule has 0 radical (unpaired) electrons. The number of carbonyl (C=O) groups is 2. The Hall–Kier alpha value is -4.02. The number of carbonyl (C=O) groups excluding carboxylic acids is 2. The second-order valence-corrected chi connectivity index (χ2v) is 8.29. The summed E-state index contributed by atoms with van der Waals surface area (Å²) in [5.41, 5.74) is 1.46. The first-order valence-corrected chi connectivity index (χ1v) is 11.8. The number of hydrogen-bond donors (Lipinski definition) is 3. The SMILES string of the molecule is O=C(NCCO)/C(=C\c1ccc(OC(F)(F)F)cc1)NC(=O)c1ccc(OCCc2ccc(Cl)cc2)cc1. The first-order chi connectivity index (χ1) is 18.1. The molecular weight excluding hydrogens is 525 g/mol. The van der Waals surface area contributed by atoms with E-state index < -0.39 is 23.9 Å². The molecule has 0 aliphatic rings. The lowest BCUT2D eigenvalue weighted by molar-refractivity contribution is -0.274. The minimum absolute atomic E-state index is 0.0630. The minimum atomic E-state index is -4.84. The molecule has 3 N–H and O–H groups in total. The summed E-state index contributed by atoms with van der Waals surface area (Å²) < 4.78 is 46.7. The first-order valence-electron chi connectivity index (χ1n) is 11.4. The standard InChI is InChI=1S/C27H24ClF3N2O5/c28-21-7-1-18(2-8-21)13-16-37-22-11-5-20(6-12-22)25(35)33-24(26(36)32-14-15-34)17-19-3-9-23(10-4-19)38-27(29,30)31/h1-12,17,34H,13-16H2,(H,32,36)(H,33,35)/b24-17+. The van der Waals surface area contributed by atoms with Crippen LogP contribution in [0.25, 0.3) is 6.08 Å². The molecule has 0 heterocycles. The summed E-state index contributed by atoms with van der Waals surface area (Å²) in [6.07, 6.45) is -2.88. The van der Waals surface area contributed by atoms with Crippen molar-refractivity contribution in [3.8, 4) is 11.5 Å². The van der Waals surface area contributed by atoms with Crippen molar-refractivity contribution in [2.45, 2.75) is 12.8 Å². The Bertz CT molecular complexity index is 1250. The number of amides is 2. The summed E-state index contributed by atoms with van der Waals surface area (Å²) in [7, 11) is 0. The van der Waals surface area contributed by atoms with Gasteiger partial charge in [0.25, 0.3) is 11.8 Å². The molecule has 0 bridgehead atoms. The number of rotatable bonds is 11. The van der Waals surface area contributed by atoms with Gasteiger partial charge in [-0.3, -0.25) is 9.59 Å². The van der Waals surface area contributed by atoms with Crippen LogP contribution in [0.1, 0.15) is 21.5 Å². The molecule has 38 heavy (non-hydrogen) atoms. The van der Waals surface area contributed by atoms with Crippen molar-refractivity contribution in [3.63, 3.8) is 0 Å². The van der Waals surface area contributed by atoms with Crippen LogP contribution in [0.3, 0.4) is 0 Å². The molecule has 11 heteroatoms. The van der Waals surface area contributed by atoms with Crippen LogP contribution in [0.4, 0.5) is 13.2 Å². The molecule has 3 aromatic rings. The number of alkyl halides is 3. The average molecular weight is 549 g/mol. The van der Waals surface area contributed by atoms with E-state index in [0.717, 1.165) is 17.7 Å². The van der Waals surface area contributed by atoms with Gasteiger partial charge in [-0.05, 0) is 65.7 Å². The van der Waals surface area contributed by atoms with E-state index in [0.29, 0.717) is 29.4 Å². The van der Waals surface area contributed by atoms with Gasteiger partial charge in [-0.2, -0.15) is 0 Å². The molecule has 0 aromatic heterocycles. The van der Waals surface area contributed by atoms with Crippen molar-refractivity contribution in [1.29, 1.82) is 0 Å². The van der Waals surface area contributed by atoms with Gasteiger partial charge in [0.2, 0.25) is 0 Å². The lowest BCUT2D eigenvalue weighted by Gasteiger charge is -2.12. The Kier molecular flexibility index (Phi) is 10.1. The number of halogens is 4. The predicted molar refractivity (Wildman–Crippen MR) is 136 cm³/mol. The topological polar surface area (TPSA) is 96.9 Å². The van der Waals surface area contributed by atoms with E-state index in [2.05, 4.69) is 15.4 Å². The monoisotopic (exact) mass is 548 g/mol. The fourth-order valence-corrected chi connectivity index (χ4v) is 3.32. The maximum atomic E-state index is 12.8. The Morgan fingerprint density at radius 1 is 0.921 bits per heavy atom. The number of aliphatic hydroxyl groups is 1. The summed E-state index contributed by atoms with van der Waals surface area (Å²) in [4.78, 5) is 25.3. The molecule has 3 aromatic carbocycles. The van der Waals surface area contributed by atoms with Crippen molar-refractivity contribution in [2.24, 2.45) is 0 Å². The van der Waals surface area contributed by atoms with Gasteiger partial charge in [0, 0.05) is 23.6 Å². The van der Waals surface area contributed by atoms with Crippen molar-refractivity contribution in [2.75, 3.05) is 19.8 Å². The summed E-state index contributed by atoms with van der Waals surface area (Å²) in [6.45, 7) is 0.0281. The molecule has 0 saturated carbocycles. The quantitative estimate of drug-likeness (QED) is 0.301. The molecule has 3 rings (SSSR count). The maximum absolute atomic E-state index is 12.8. The normalized spacial score (nSPS) is 11.6. The molecule has 0 unspecified atom stereocenters. The van der Waals surface area contributed by atoms with Crippen LogP contribution in [-0.4, -0.2) is 43.0 Å². The van der Waals surface area contributed by atoms with Crippen LogP contribution in [0.2, 0.25) is 5.02 Å². The lowest BCUT2D eigenvalue weighted by atomic mass is 10.1. The smallest absolute Gasteiger partial charge is 0.493 e. The highest BCUT2D eigenvalue weighted by Gasteiger charge is 2.31. The van der Waals surface area contributed by atoms with Crippen molar-refractivity contribution in [3.05, 3.63) is 100 Å². The van der Waals surface area contributed by atoms with Crippen LogP contribution in [-0.2, 0) is 11.2 Å². The molecule has 0 fully saturated rings. The fourth-order valence-electron chi connectivity index (χ4n) is 3.19. The van der Waals surface area contributed by atoms with Gasteiger partial charge in [-0.15, -0.1) is 13.2 Å². The van der Waals surface area contributed by atoms with E-state index in [4.69, 9.17) is 21.4 Å². The van der Waals surface area contributed by atoms with Gasteiger partial charge in [-0.1, -0.05) is 35.9 Å². The van der Waals surface area contributed by atoms with E-state index in [-0.39, 0.29) is 24.4 Å². The van der Waals surface area contributed by atoms with E-state index in [1.54, 1.807) is 24.3 Å². The Morgan fingerprint density at radius 3 is 2.16 bits per heavy atom. The van der Waals surface area contributed by atoms with Gasteiger partial charge in [0.1, 0.15) is 17.2 Å². The Balaban J connectivity index is 1.65. The number of ether oxygens (including phenoxy) is 2. The zero-order valence-electron chi connectivity index (χ0n) is 19.9. The zero-order valence-corrected chi connectivity index (χ0v) is 20.7. The van der Waals surface area contributed by atoms with E-state index >= 15 is 0 Å². The molecule has 0 saturated heterocycles. The number of nitrogens with one attached hydrogen (secondary N) is 2. The molecule has 200 valence electrons. The molecule has 0 aliphatic heterocycles. The first kappa shape index (κ1) is 28.5. The van der Waals surface area contributed by atoms with E-state index in [9.17, 15) is 22.8 Å². The van der Waals surface area contributed by atoms with Gasteiger partial charge < -0.3 is 25.2 Å². The highest BCUT2D eigenvalue weighted by Crippen LogP contribution is 2.23. The third-order valence-corrected chi connectivity index (χ3v) is 5.26. The van der Waals surface area contributed by atoms with Crippen molar-refractivity contribution >= 4 is 29.5 Å². The fraction of sp³-hybridized carbons (Fsp3) is 0.185. The highest BCUT2D eigenvalue weighted by atomic mass is 35.5. The number of aliphatic hydroxyl groups excluding tert-OH is 1. The average Bonchev–Trinajstić information content (AvgIpc) is 2.88. The summed E-state index contributed by atoms with van der Waals surface area (Å²) >= 11 is 5.88. The third kappa shape index (κ3) is 9.45. The second-order valence-electron chi connectivity index (χ2n) is 7.86. The van der Waals surface area contributed by atoms with E-state index in [1.165, 1.54) is 30.3 Å². The molecule has 0 aliphatic carbocycles. The van der Waals surface area contributed by atoms with Crippen LogP contribution in [0.15, 0.2) is 78.5 Å². The van der Waals surface area contributed by atoms with Crippen molar-refractivity contribution in [1.82, 2.24) is 10.6 Å². The van der Waals surface area contributed by atoms with Gasteiger partial charge in [-0.25, -0.2) is 0 Å². The zero-order chi connectivity index (χ0) is 27.5. The Morgan fingerprint density at radius 2 is 1.55 bits per heavy atom.